The molecule has 0 aliphatic heterocycles. The van der Waals surface area contributed by atoms with Crippen LogP contribution in [0.3, 0.4) is 0 Å². The summed E-state index contributed by atoms with van der Waals surface area (Å²) in [7, 11) is 1.63. The Hall–Kier alpha value is -2.14. The van der Waals surface area contributed by atoms with Gasteiger partial charge in [0.25, 0.3) is 0 Å². The van der Waals surface area contributed by atoms with Crippen molar-refractivity contribution in [2.75, 3.05) is 20.3 Å². The van der Waals surface area contributed by atoms with E-state index in [-0.39, 0.29) is 11.2 Å². The topological polar surface area (TPSA) is 47.6 Å². The molecule has 0 heterocycles. The Labute approximate surface area is 147 Å². The first-order valence-corrected chi connectivity index (χ1v) is 8.94. The second kappa shape index (κ2) is 9.88. The fraction of sp³-hybridized carbons (Fsp3) is 0.316. The molecule has 0 aliphatic rings. The van der Waals surface area contributed by atoms with Crippen LogP contribution in [0.1, 0.15) is 12.5 Å². The molecule has 0 saturated heterocycles. The number of thioether (sulfide) groups is 1. The van der Waals surface area contributed by atoms with E-state index in [1.807, 2.05) is 49.4 Å². The molecule has 1 atom stereocenters. The zero-order chi connectivity index (χ0) is 17.2. The Balaban J connectivity index is 1.63. The molecule has 128 valence electrons. The summed E-state index contributed by atoms with van der Waals surface area (Å²) in [5, 5.41) is 2.81. The van der Waals surface area contributed by atoms with Crippen LogP contribution in [-0.4, -0.2) is 31.4 Å². The summed E-state index contributed by atoms with van der Waals surface area (Å²) >= 11 is 1.63. The molecule has 5 heteroatoms. The molecule has 0 radical (unpaired) electrons. The van der Waals surface area contributed by atoms with Crippen molar-refractivity contribution in [1.82, 2.24) is 5.32 Å². The van der Waals surface area contributed by atoms with Gasteiger partial charge in [-0.2, -0.15) is 0 Å². The van der Waals surface area contributed by atoms with Crippen molar-refractivity contribution < 1.29 is 14.3 Å². The molecule has 24 heavy (non-hydrogen) atoms. The average Bonchev–Trinajstić information content (AvgIpc) is 2.64. The normalized spacial score (nSPS) is 11.6. The summed E-state index contributed by atoms with van der Waals surface area (Å²) < 4.78 is 10.7. The molecule has 0 fully saturated rings. The van der Waals surface area contributed by atoms with Gasteiger partial charge in [-0.25, -0.2) is 0 Å². The fourth-order valence-corrected chi connectivity index (χ4v) is 2.90. The molecule has 1 amide bonds. The third kappa shape index (κ3) is 6.16. The van der Waals surface area contributed by atoms with Crippen LogP contribution in [0, 0.1) is 0 Å². The van der Waals surface area contributed by atoms with Crippen molar-refractivity contribution in [3.05, 3.63) is 60.2 Å². The van der Waals surface area contributed by atoms with E-state index < -0.39 is 0 Å². The number of hydrogen-bond donors (Lipinski definition) is 1. The minimum Gasteiger partial charge on any atom is -0.497 e. The summed E-state index contributed by atoms with van der Waals surface area (Å²) in [4.78, 5) is 12.1. The number of carbonyl (C=O) groups excluding carboxylic acids is 1. The van der Waals surface area contributed by atoms with Crippen LogP contribution in [0.2, 0.25) is 0 Å². The van der Waals surface area contributed by atoms with Crippen molar-refractivity contribution in [1.29, 1.82) is 0 Å². The van der Waals surface area contributed by atoms with E-state index >= 15 is 0 Å². The van der Waals surface area contributed by atoms with Gasteiger partial charge in [-0.05, 0) is 36.8 Å². The minimum absolute atomic E-state index is 0.0364. The number of hydrogen-bond acceptors (Lipinski definition) is 4. The molecule has 2 aromatic carbocycles. The third-order valence-electron chi connectivity index (χ3n) is 3.44. The largest absolute Gasteiger partial charge is 0.497 e. The van der Waals surface area contributed by atoms with Gasteiger partial charge in [0.15, 0.2) is 0 Å². The highest BCUT2D eigenvalue weighted by atomic mass is 32.2. The quantitative estimate of drug-likeness (QED) is 0.707. The standard InChI is InChI=1S/C19H23NO3S/c1-15(24-14-16-6-4-3-5-7-16)19(21)20-12-13-23-18-10-8-17(22-2)9-11-18/h3-11,15H,12-14H2,1-2H3,(H,20,21). The van der Waals surface area contributed by atoms with E-state index in [9.17, 15) is 4.79 Å². The number of rotatable bonds is 9. The highest BCUT2D eigenvalue weighted by Gasteiger charge is 2.12. The van der Waals surface area contributed by atoms with Crippen LogP contribution in [-0.2, 0) is 10.5 Å². The number of amides is 1. The van der Waals surface area contributed by atoms with Gasteiger partial charge in [-0.3, -0.25) is 4.79 Å². The Bertz CT molecular complexity index is 616. The van der Waals surface area contributed by atoms with Gasteiger partial charge in [0.05, 0.1) is 18.9 Å². The molecular formula is C19H23NO3S. The van der Waals surface area contributed by atoms with E-state index in [1.54, 1.807) is 18.9 Å². The van der Waals surface area contributed by atoms with Gasteiger partial charge < -0.3 is 14.8 Å². The van der Waals surface area contributed by atoms with E-state index in [2.05, 4.69) is 17.4 Å². The van der Waals surface area contributed by atoms with Gasteiger partial charge in [-0.15, -0.1) is 11.8 Å². The molecule has 0 aromatic heterocycles. The lowest BCUT2D eigenvalue weighted by atomic mass is 10.2. The number of methoxy groups -OCH3 is 1. The van der Waals surface area contributed by atoms with Crippen LogP contribution in [0.25, 0.3) is 0 Å². The van der Waals surface area contributed by atoms with Crippen LogP contribution < -0.4 is 14.8 Å². The third-order valence-corrected chi connectivity index (χ3v) is 4.66. The number of benzene rings is 2. The van der Waals surface area contributed by atoms with Crippen molar-refractivity contribution in [3.63, 3.8) is 0 Å². The number of nitrogens with one attached hydrogen (secondary N) is 1. The Kier molecular flexibility index (Phi) is 7.49. The van der Waals surface area contributed by atoms with Gasteiger partial charge in [0.2, 0.25) is 5.91 Å². The predicted octanol–water partition coefficient (Wildman–Crippen LogP) is 3.51. The maximum absolute atomic E-state index is 12.1. The Morgan fingerprint density at radius 3 is 2.42 bits per heavy atom. The molecule has 1 N–H and O–H groups in total. The Morgan fingerprint density at radius 1 is 1.08 bits per heavy atom. The van der Waals surface area contributed by atoms with Gasteiger partial charge >= 0.3 is 0 Å². The number of ether oxygens (including phenoxy) is 2. The predicted molar refractivity (Wildman–Crippen MR) is 98.7 cm³/mol. The molecule has 0 aliphatic carbocycles. The second-order valence-corrected chi connectivity index (χ2v) is 6.58. The SMILES string of the molecule is COc1ccc(OCCNC(=O)C(C)SCc2ccccc2)cc1. The first-order chi connectivity index (χ1) is 11.7. The summed E-state index contributed by atoms with van der Waals surface area (Å²) in [5.41, 5.74) is 1.23. The molecular weight excluding hydrogens is 322 g/mol. The minimum atomic E-state index is -0.0915. The fourth-order valence-electron chi connectivity index (χ4n) is 2.03. The van der Waals surface area contributed by atoms with E-state index in [4.69, 9.17) is 9.47 Å². The zero-order valence-electron chi connectivity index (χ0n) is 14.0. The second-order valence-electron chi connectivity index (χ2n) is 5.25. The smallest absolute Gasteiger partial charge is 0.232 e. The molecule has 2 rings (SSSR count). The monoisotopic (exact) mass is 345 g/mol. The first-order valence-electron chi connectivity index (χ1n) is 7.89. The molecule has 0 spiro atoms. The maximum atomic E-state index is 12.1. The van der Waals surface area contributed by atoms with E-state index in [0.717, 1.165) is 17.3 Å². The lowest BCUT2D eigenvalue weighted by molar-refractivity contribution is -0.120. The van der Waals surface area contributed by atoms with Crippen molar-refractivity contribution in [2.24, 2.45) is 0 Å². The molecule has 2 aromatic rings. The van der Waals surface area contributed by atoms with Crippen molar-refractivity contribution in [3.8, 4) is 11.5 Å². The highest BCUT2D eigenvalue weighted by Crippen LogP contribution is 2.18. The summed E-state index contributed by atoms with van der Waals surface area (Å²) in [6.07, 6.45) is 0. The zero-order valence-corrected chi connectivity index (χ0v) is 14.8. The van der Waals surface area contributed by atoms with Gasteiger partial charge in [0, 0.05) is 5.75 Å². The summed E-state index contributed by atoms with van der Waals surface area (Å²) in [5.74, 6) is 2.42. The van der Waals surface area contributed by atoms with Crippen LogP contribution in [0.5, 0.6) is 11.5 Å². The van der Waals surface area contributed by atoms with E-state index in [0.29, 0.717) is 13.2 Å². The van der Waals surface area contributed by atoms with Gasteiger partial charge in [0.1, 0.15) is 18.1 Å². The van der Waals surface area contributed by atoms with Crippen LogP contribution in [0.4, 0.5) is 0 Å². The maximum Gasteiger partial charge on any atom is 0.232 e. The number of carbonyl (C=O) groups is 1. The van der Waals surface area contributed by atoms with Crippen molar-refractivity contribution in [2.45, 2.75) is 17.9 Å². The van der Waals surface area contributed by atoms with Crippen molar-refractivity contribution >= 4 is 17.7 Å². The summed E-state index contributed by atoms with van der Waals surface area (Å²) in [6.45, 7) is 2.85. The average molecular weight is 345 g/mol. The lowest BCUT2D eigenvalue weighted by Crippen LogP contribution is -2.34. The van der Waals surface area contributed by atoms with Crippen LogP contribution >= 0.6 is 11.8 Å². The first kappa shape index (κ1) is 18.2. The molecule has 0 bridgehead atoms. The Morgan fingerprint density at radius 2 is 1.75 bits per heavy atom. The van der Waals surface area contributed by atoms with E-state index in [1.165, 1.54) is 5.56 Å². The summed E-state index contributed by atoms with van der Waals surface area (Å²) in [6, 6.07) is 17.5. The molecule has 0 saturated carbocycles. The van der Waals surface area contributed by atoms with Gasteiger partial charge in [-0.1, -0.05) is 30.3 Å². The van der Waals surface area contributed by atoms with Crippen LogP contribution in [0.15, 0.2) is 54.6 Å². The molecule has 4 nitrogen and oxygen atoms in total. The highest BCUT2D eigenvalue weighted by molar-refractivity contribution is 7.99. The molecule has 1 unspecified atom stereocenters. The lowest BCUT2D eigenvalue weighted by Gasteiger charge is -2.12.